The molecule has 1 atom stereocenters. The van der Waals surface area contributed by atoms with Crippen LogP contribution in [0.25, 0.3) is 0 Å². The van der Waals surface area contributed by atoms with E-state index < -0.39 is 10.0 Å². The van der Waals surface area contributed by atoms with Gasteiger partial charge < -0.3 is 10.6 Å². The van der Waals surface area contributed by atoms with Crippen molar-refractivity contribution in [1.82, 2.24) is 0 Å². The van der Waals surface area contributed by atoms with Crippen molar-refractivity contribution in [2.75, 3.05) is 17.7 Å². The molecule has 0 fully saturated rings. The summed E-state index contributed by atoms with van der Waals surface area (Å²) in [5.74, 6) is 0.439. The van der Waals surface area contributed by atoms with Crippen molar-refractivity contribution < 1.29 is 8.42 Å². The number of nitrogen functional groups attached to an aromatic ring is 1. The third-order valence-electron chi connectivity index (χ3n) is 3.23. The minimum atomic E-state index is -3.73. The Balaban J connectivity index is 3.22. The van der Waals surface area contributed by atoms with E-state index >= 15 is 0 Å². The van der Waals surface area contributed by atoms with E-state index in [1.807, 2.05) is 11.9 Å². The van der Waals surface area contributed by atoms with Gasteiger partial charge in [0.25, 0.3) is 0 Å². The van der Waals surface area contributed by atoms with E-state index in [0.29, 0.717) is 11.6 Å². The van der Waals surface area contributed by atoms with Gasteiger partial charge in [-0.25, -0.2) is 13.6 Å². The highest BCUT2D eigenvalue weighted by Crippen LogP contribution is 2.25. The molecule has 5 nitrogen and oxygen atoms in total. The van der Waals surface area contributed by atoms with E-state index in [-0.39, 0.29) is 10.9 Å². The van der Waals surface area contributed by atoms with Crippen molar-refractivity contribution in [3.63, 3.8) is 0 Å². The molecule has 0 saturated heterocycles. The van der Waals surface area contributed by atoms with E-state index in [4.69, 9.17) is 10.9 Å². The van der Waals surface area contributed by atoms with Crippen LogP contribution in [0, 0.1) is 5.92 Å². The summed E-state index contributed by atoms with van der Waals surface area (Å²) in [5, 5.41) is 5.13. The van der Waals surface area contributed by atoms with Crippen molar-refractivity contribution in [1.29, 1.82) is 0 Å². The predicted octanol–water partition coefficient (Wildman–Crippen LogP) is 1.40. The second kappa shape index (κ2) is 5.16. The number of primary sulfonamides is 1. The molecular formula is C12H21N3O2S. The molecule has 0 heterocycles. The van der Waals surface area contributed by atoms with Gasteiger partial charge in [0, 0.05) is 24.5 Å². The summed E-state index contributed by atoms with van der Waals surface area (Å²) in [4.78, 5) is 2.04. The predicted molar refractivity (Wildman–Crippen MR) is 74.9 cm³/mol. The number of nitrogens with two attached hydrogens (primary N) is 2. The zero-order chi connectivity index (χ0) is 14.1. The Morgan fingerprint density at radius 3 is 2.17 bits per heavy atom. The summed E-state index contributed by atoms with van der Waals surface area (Å²) in [6.07, 6.45) is 0. The van der Waals surface area contributed by atoms with Gasteiger partial charge in [-0.05, 0) is 31.0 Å². The molecule has 4 N–H and O–H groups in total. The Bertz CT molecular complexity index is 526. The lowest BCUT2D eigenvalue weighted by molar-refractivity contribution is 0.505. The minimum absolute atomic E-state index is 0.0420. The quantitative estimate of drug-likeness (QED) is 0.810. The molecule has 0 saturated carbocycles. The van der Waals surface area contributed by atoms with Crippen molar-refractivity contribution in [3.05, 3.63) is 18.2 Å². The van der Waals surface area contributed by atoms with Crippen LogP contribution in [0.15, 0.2) is 23.1 Å². The third-order valence-corrected chi connectivity index (χ3v) is 4.12. The Morgan fingerprint density at radius 1 is 1.17 bits per heavy atom. The molecule has 0 spiro atoms. The summed E-state index contributed by atoms with van der Waals surface area (Å²) in [7, 11) is -1.82. The van der Waals surface area contributed by atoms with Gasteiger partial charge in [-0.1, -0.05) is 13.8 Å². The van der Waals surface area contributed by atoms with E-state index in [2.05, 4.69) is 20.8 Å². The topological polar surface area (TPSA) is 89.4 Å². The number of rotatable bonds is 4. The van der Waals surface area contributed by atoms with E-state index in [9.17, 15) is 8.42 Å². The number of hydrogen-bond donors (Lipinski definition) is 2. The first-order valence-electron chi connectivity index (χ1n) is 5.79. The van der Waals surface area contributed by atoms with Crippen LogP contribution in [-0.4, -0.2) is 21.5 Å². The molecular weight excluding hydrogens is 250 g/mol. The zero-order valence-electron chi connectivity index (χ0n) is 11.2. The fraction of sp³-hybridized carbons (Fsp3) is 0.500. The molecule has 18 heavy (non-hydrogen) atoms. The zero-order valence-corrected chi connectivity index (χ0v) is 12.0. The first kappa shape index (κ1) is 14.8. The first-order chi connectivity index (χ1) is 8.12. The van der Waals surface area contributed by atoms with Crippen LogP contribution in [-0.2, 0) is 10.0 Å². The average molecular weight is 271 g/mol. The van der Waals surface area contributed by atoms with Crippen LogP contribution < -0.4 is 15.8 Å². The Labute approximate surface area is 109 Å². The molecule has 1 aromatic rings. The number of sulfonamides is 1. The minimum Gasteiger partial charge on any atom is -0.399 e. The lowest BCUT2D eigenvalue weighted by Gasteiger charge is -2.30. The van der Waals surface area contributed by atoms with Crippen molar-refractivity contribution in [2.24, 2.45) is 11.1 Å². The van der Waals surface area contributed by atoms with Gasteiger partial charge in [-0.15, -0.1) is 0 Å². The van der Waals surface area contributed by atoms with Gasteiger partial charge in [-0.2, -0.15) is 0 Å². The number of benzene rings is 1. The molecule has 1 unspecified atom stereocenters. The van der Waals surface area contributed by atoms with Gasteiger partial charge in [0.2, 0.25) is 10.0 Å². The standard InChI is InChI=1S/C12H21N3O2S/c1-8(2)9(3)15(4)11-5-10(13)6-12(7-11)18(14,16)17/h5-9H,13H2,1-4H3,(H2,14,16,17). The maximum Gasteiger partial charge on any atom is 0.238 e. The summed E-state index contributed by atoms with van der Waals surface area (Å²) in [6.45, 7) is 6.28. The molecule has 0 aromatic heterocycles. The van der Waals surface area contributed by atoms with Crippen LogP contribution >= 0.6 is 0 Å². The monoisotopic (exact) mass is 271 g/mol. The van der Waals surface area contributed by atoms with E-state index in [1.165, 1.54) is 6.07 Å². The van der Waals surface area contributed by atoms with Crippen LogP contribution in [0.3, 0.4) is 0 Å². The average Bonchev–Trinajstić information content (AvgIpc) is 2.24. The third kappa shape index (κ3) is 3.36. The molecule has 0 amide bonds. The van der Waals surface area contributed by atoms with Crippen LogP contribution in [0.4, 0.5) is 11.4 Å². The molecule has 0 aliphatic heterocycles. The number of hydrogen-bond acceptors (Lipinski definition) is 4. The number of nitrogens with zero attached hydrogens (tertiary/aromatic N) is 1. The van der Waals surface area contributed by atoms with Gasteiger partial charge in [0.1, 0.15) is 0 Å². The van der Waals surface area contributed by atoms with Gasteiger partial charge in [0.15, 0.2) is 0 Å². The van der Waals surface area contributed by atoms with Gasteiger partial charge >= 0.3 is 0 Å². The molecule has 0 aliphatic rings. The van der Waals surface area contributed by atoms with Crippen LogP contribution in [0.2, 0.25) is 0 Å². The fourth-order valence-corrected chi connectivity index (χ4v) is 2.24. The molecule has 6 heteroatoms. The van der Waals surface area contributed by atoms with Gasteiger partial charge in [0.05, 0.1) is 4.90 Å². The molecule has 102 valence electrons. The van der Waals surface area contributed by atoms with Crippen molar-refractivity contribution in [2.45, 2.75) is 31.7 Å². The Kier molecular flexibility index (Phi) is 4.24. The van der Waals surface area contributed by atoms with Crippen LogP contribution in [0.1, 0.15) is 20.8 Å². The lowest BCUT2D eigenvalue weighted by Crippen LogP contribution is -2.33. The summed E-state index contributed by atoms with van der Waals surface area (Å²) in [5.41, 5.74) is 6.86. The Morgan fingerprint density at radius 2 is 1.72 bits per heavy atom. The van der Waals surface area contributed by atoms with Crippen LogP contribution in [0.5, 0.6) is 0 Å². The smallest absolute Gasteiger partial charge is 0.238 e. The van der Waals surface area contributed by atoms with E-state index in [1.54, 1.807) is 12.1 Å². The van der Waals surface area contributed by atoms with Crippen molar-refractivity contribution in [3.8, 4) is 0 Å². The normalized spacial score (nSPS) is 13.7. The van der Waals surface area contributed by atoms with Crippen molar-refractivity contribution >= 4 is 21.4 Å². The van der Waals surface area contributed by atoms with Gasteiger partial charge in [-0.3, -0.25) is 0 Å². The first-order valence-corrected chi connectivity index (χ1v) is 7.33. The SMILES string of the molecule is CC(C)C(C)N(C)c1cc(N)cc(S(N)(=O)=O)c1. The lowest BCUT2D eigenvalue weighted by atomic mass is 10.0. The maximum atomic E-state index is 11.4. The molecule has 0 radical (unpaired) electrons. The summed E-state index contributed by atoms with van der Waals surface area (Å²) < 4.78 is 22.7. The highest BCUT2D eigenvalue weighted by atomic mass is 32.2. The summed E-state index contributed by atoms with van der Waals surface area (Å²) in [6, 6.07) is 4.92. The van der Waals surface area contributed by atoms with E-state index in [0.717, 1.165) is 5.69 Å². The summed E-state index contributed by atoms with van der Waals surface area (Å²) >= 11 is 0. The highest BCUT2D eigenvalue weighted by Gasteiger charge is 2.17. The largest absolute Gasteiger partial charge is 0.399 e. The number of anilines is 2. The molecule has 1 rings (SSSR count). The molecule has 0 bridgehead atoms. The molecule has 0 aliphatic carbocycles. The fourth-order valence-electron chi connectivity index (χ4n) is 1.66. The highest BCUT2D eigenvalue weighted by molar-refractivity contribution is 7.89. The molecule has 1 aromatic carbocycles. The second-order valence-electron chi connectivity index (χ2n) is 4.90. The second-order valence-corrected chi connectivity index (χ2v) is 6.46. The maximum absolute atomic E-state index is 11.4. The Hall–Kier alpha value is -1.27.